The maximum atomic E-state index is 12.7. The van der Waals surface area contributed by atoms with E-state index in [1.54, 1.807) is 12.4 Å². The third-order valence-corrected chi connectivity index (χ3v) is 4.23. The Hall–Kier alpha value is -1.46. The minimum absolute atomic E-state index is 0.0216. The Balaban J connectivity index is 2.17. The van der Waals surface area contributed by atoms with Crippen LogP contribution in [0.2, 0.25) is 0 Å². The van der Waals surface area contributed by atoms with Crippen molar-refractivity contribution < 1.29 is 4.79 Å². The average Bonchev–Trinajstić information content (AvgIpc) is 2.83. The van der Waals surface area contributed by atoms with Crippen molar-refractivity contribution in [2.75, 3.05) is 0 Å². The van der Waals surface area contributed by atoms with Gasteiger partial charge < -0.3 is 4.98 Å². The predicted molar refractivity (Wildman–Crippen MR) is 86.1 cm³/mol. The molecule has 5 heteroatoms. The van der Waals surface area contributed by atoms with Gasteiger partial charge in [-0.3, -0.25) is 4.79 Å². The highest BCUT2D eigenvalue weighted by molar-refractivity contribution is 9.10. The molecule has 2 heterocycles. The number of hydrogen-bond donors (Lipinski definition) is 1. The molecule has 0 atom stereocenters. The van der Waals surface area contributed by atoms with Crippen LogP contribution in [-0.2, 0) is 0 Å². The molecule has 1 N–H and O–H groups in total. The van der Waals surface area contributed by atoms with E-state index in [1.807, 2.05) is 31.2 Å². The number of aromatic amines is 1. The third-order valence-electron chi connectivity index (χ3n) is 3.11. The number of halogens is 2. The van der Waals surface area contributed by atoms with E-state index >= 15 is 0 Å². The molecular weight excluding hydrogens is 384 g/mol. The maximum Gasteiger partial charge on any atom is 0.196 e. The first kappa shape index (κ1) is 13.5. The molecule has 20 heavy (non-hydrogen) atoms. The van der Waals surface area contributed by atoms with Crippen LogP contribution in [0.3, 0.4) is 0 Å². The minimum Gasteiger partial charge on any atom is -0.345 e. The summed E-state index contributed by atoms with van der Waals surface area (Å²) < 4.78 is 1.65. The summed E-state index contributed by atoms with van der Waals surface area (Å²) in [4.78, 5) is 20.0. The van der Waals surface area contributed by atoms with Crippen molar-refractivity contribution in [3.05, 3.63) is 62.3 Å². The quantitative estimate of drug-likeness (QED) is 0.645. The number of ketones is 1. The lowest BCUT2D eigenvalue weighted by Crippen LogP contribution is -2.02. The molecule has 0 aliphatic carbocycles. The van der Waals surface area contributed by atoms with Gasteiger partial charge in [0.25, 0.3) is 0 Å². The predicted octanol–water partition coefficient (Wildman–Crippen LogP) is 4.63. The van der Waals surface area contributed by atoms with Crippen LogP contribution in [0.1, 0.15) is 21.5 Å². The van der Waals surface area contributed by atoms with Gasteiger partial charge >= 0.3 is 0 Å². The molecule has 0 unspecified atom stereocenters. The number of carbonyl (C=O) groups is 1. The van der Waals surface area contributed by atoms with Crippen molar-refractivity contribution in [2.45, 2.75) is 6.92 Å². The lowest BCUT2D eigenvalue weighted by Gasteiger charge is -2.04. The van der Waals surface area contributed by atoms with Gasteiger partial charge in [0, 0.05) is 37.9 Å². The SMILES string of the molecule is Cc1ccc(Br)c(C(=O)c2c[nH]c3ncc(Br)cc23)c1. The largest absolute Gasteiger partial charge is 0.345 e. The summed E-state index contributed by atoms with van der Waals surface area (Å²) in [6.45, 7) is 1.97. The van der Waals surface area contributed by atoms with Crippen LogP contribution >= 0.6 is 31.9 Å². The van der Waals surface area contributed by atoms with Crippen molar-refractivity contribution in [3.63, 3.8) is 0 Å². The minimum atomic E-state index is -0.0216. The van der Waals surface area contributed by atoms with Gasteiger partial charge in [0.2, 0.25) is 0 Å². The first-order valence-corrected chi connectivity index (χ1v) is 7.58. The first-order valence-electron chi connectivity index (χ1n) is 6.00. The molecule has 3 rings (SSSR count). The molecule has 0 saturated carbocycles. The van der Waals surface area contributed by atoms with Crippen LogP contribution in [-0.4, -0.2) is 15.8 Å². The Morgan fingerprint density at radius 2 is 2.00 bits per heavy atom. The van der Waals surface area contributed by atoms with Gasteiger partial charge in [-0.15, -0.1) is 0 Å². The smallest absolute Gasteiger partial charge is 0.196 e. The number of benzene rings is 1. The number of nitrogens with zero attached hydrogens (tertiary/aromatic N) is 1. The number of H-pyrrole nitrogens is 1. The molecule has 100 valence electrons. The summed E-state index contributed by atoms with van der Waals surface area (Å²) in [7, 11) is 0. The van der Waals surface area contributed by atoms with Crippen LogP contribution in [0.15, 0.2) is 45.6 Å². The topological polar surface area (TPSA) is 45.8 Å². The zero-order valence-electron chi connectivity index (χ0n) is 10.6. The fourth-order valence-corrected chi connectivity index (χ4v) is 2.88. The molecule has 0 saturated heterocycles. The summed E-state index contributed by atoms with van der Waals surface area (Å²) in [5.41, 5.74) is 3.04. The van der Waals surface area contributed by atoms with Crippen molar-refractivity contribution in [1.29, 1.82) is 0 Å². The third kappa shape index (κ3) is 2.31. The molecule has 0 amide bonds. The van der Waals surface area contributed by atoms with E-state index in [0.29, 0.717) is 16.8 Å². The Bertz CT molecular complexity index is 824. The second kappa shape index (κ2) is 5.14. The molecule has 0 fully saturated rings. The van der Waals surface area contributed by atoms with Crippen molar-refractivity contribution in [3.8, 4) is 0 Å². The zero-order chi connectivity index (χ0) is 14.3. The fourth-order valence-electron chi connectivity index (χ4n) is 2.12. The van der Waals surface area contributed by atoms with Gasteiger partial charge in [-0.2, -0.15) is 0 Å². The molecule has 0 aliphatic heterocycles. The highest BCUT2D eigenvalue weighted by Crippen LogP contribution is 2.26. The summed E-state index contributed by atoms with van der Waals surface area (Å²) in [5, 5.41) is 0.817. The number of pyridine rings is 1. The molecule has 0 spiro atoms. The van der Waals surface area contributed by atoms with E-state index in [1.165, 1.54) is 0 Å². The number of nitrogens with one attached hydrogen (secondary N) is 1. The van der Waals surface area contributed by atoms with Gasteiger partial charge in [-0.25, -0.2) is 4.98 Å². The molecule has 0 radical (unpaired) electrons. The maximum absolute atomic E-state index is 12.7. The van der Waals surface area contributed by atoms with E-state index in [0.717, 1.165) is 19.9 Å². The molecule has 3 aromatic rings. The second-order valence-corrected chi connectivity index (χ2v) is 6.33. The second-order valence-electron chi connectivity index (χ2n) is 4.56. The molecule has 1 aromatic carbocycles. The lowest BCUT2D eigenvalue weighted by molar-refractivity contribution is 0.103. The van der Waals surface area contributed by atoms with E-state index in [2.05, 4.69) is 41.8 Å². The van der Waals surface area contributed by atoms with E-state index in [9.17, 15) is 4.79 Å². The van der Waals surface area contributed by atoms with E-state index in [-0.39, 0.29) is 5.78 Å². The average molecular weight is 394 g/mol. The molecular formula is C15H10Br2N2O. The number of fused-ring (bicyclic) bond motifs is 1. The molecule has 0 bridgehead atoms. The lowest BCUT2D eigenvalue weighted by atomic mass is 10.0. The van der Waals surface area contributed by atoms with Crippen LogP contribution in [0.5, 0.6) is 0 Å². The van der Waals surface area contributed by atoms with Crippen molar-refractivity contribution in [1.82, 2.24) is 9.97 Å². The number of hydrogen-bond acceptors (Lipinski definition) is 2. The zero-order valence-corrected chi connectivity index (χ0v) is 13.7. The number of carbonyl (C=O) groups excluding carboxylic acids is 1. The molecule has 2 aromatic heterocycles. The van der Waals surface area contributed by atoms with E-state index < -0.39 is 0 Å². The standard InChI is InChI=1S/C15H10Br2N2O/c1-8-2-3-13(17)11(4-8)14(20)12-7-19-15-10(12)5-9(16)6-18-15/h2-7H,1H3,(H,18,19). The van der Waals surface area contributed by atoms with Gasteiger partial charge in [-0.05, 0) is 41.1 Å². The van der Waals surface area contributed by atoms with Gasteiger partial charge in [0.05, 0.1) is 0 Å². The van der Waals surface area contributed by atoms with Crippen molar-refractivity contribution >= 4 is 48.7 Å². The summed E-state index contributed by atoms with van der Waals surface area (Å²) in [5.74, 6) is -0.0216. The van der Waals surface area contributed by atoms with Gasteiger partial charge in [-0.1, -0.05) is 27.6 Å². The normalized spacial score (nSPS) is 10.9. The Kier molecular flexibility index (Phi) is 3.48. The van der Waals surface area contributed by atoms with Crippen LogP contribution in [0, 0.1) is 6.92 Å². The molecule has 3 nitrogen and oxygen atoms in total. The highest BCUT2D eigenvalue weighted by Gasteiger charge is 2.17. The Labute approximate surface area is 132 Å². The van der Waals surface area contributed by atoms with Gasteiger partial charge in [0.1, 0.15) is 5.65 Å². The molecule has 0 aliphatic rings. The fraction of sp³-hybridized carbons (Fsp3) is 0.0667. The Morgan fingerprint density at radius 1 is 1.20 bits per heavy atom. The number of aromatic nitrogens is 2. The number of rotatable bonds is 2. The monoisotopic (exact) mass is 392 g/mol. The van der Waals surface area contributed by atoms with Crippen LogP contribution in [0.4, 0.5) is 0 Å². The van der Waals surface area contributed by atoms with E-state index in [4.69, 9.17) is 0 Å². The summed E-state index contributed by atoms with van der Waals surface area (Å²) >= 11 is 6.82. The van der Waals surface area contributed by atoms with Gasteiger partial charge in [0.15, 0.2) is 5.78 Å². The number of aryl methyl sites for hydroxylation is 1. The summed E-state index contributed by atoms with van der Waals surface area (Å²) in [6.07, 6.45) is 3.41. The first-order chi connectivity index (χ1) is 9.56. The summed E-state index contributed by atoms with van der Waals surface area (Å²) in [6, 6.07) is 7.65. The van der Waals surface area contributed by atoms with Crippen LogP contribution < -0.4 is 0 Å². The van der Waals surface area contributed by atoms with Crippen LogP contribution in [0.25, 0.3) is 11.0 Å². The van der Waals surface area contributed by atoms with Crippen molar-refractivity contribution in [2.24, 2.45) is 0 Å². The highest BCUT2D eigenvalue weighted by atomic mass is 79.9. The Morgan fingerprint density at radius 3 is 2.80 bits per heavy atom.